The van der Waals surface area contributed by atoms with Crippen molar-refractivity contribution in [1.82, 2.24) is 4.98 Å². The van der Waals surface area contributed by atoms with E-state index in [1.807, 2.05) is 55.5 Å². The number of amides is 1. The van der Waals surface area contributed by atoms with Crippen LogP contribution in [0.1, 0.15) is 44.8 Å². The maximum absolute atomic E-state index is 13.7. The third kappa shape index (κ3) is 3.75. The third-order valence-electron chi connectivity index (χ3n) is 6.24. The van der Waals surface area contributed by atoms with E-state index in [1.165, 1.54) is 4.88 Å². The molecule has 1 N–H and O–H groups in total. The number of fused-ring (bicyclic) bond motifs is 2. The van der Waals surface area contributed by atoms with Crippen LogP contribution < -0.4 is 10.1 Å². The Hall–Kier alpha value is -3.69. The number of carbonyl (C=O) groups is 1. The molecular weight excluding hydrogens is 430 g/mol. The Balaban J connectivity index is 1.61. The molecule has 2 aromatic heterocycles. The van der Waals surface area contributed by atoms with Crippen molar-refractivity contribution in [3.63, 3.8) is 0 Å². The molecule has 1 aliphatic carbocycles. The van der Waals surface area contributed by atoms with Crippen LogP contribution in [0.5, 0.6) is 5.75 Å². The number of aryl methyl sites for hydroxylation is 1. The van der Waals surface area contributed by atoms with Crippen molar-refractivity contribution in [2.45, 2.75) is 32.6 Å². The van der Waals surface area contributed by atoms with E-state index in [0.29, 0.717) is 16.1 Å². The quantitative estimate of drug-likeness (QED) is 0.394. The number of thiophene rings is 1. The van der Waals surface area contributed by atoms with E-state index in [4.69, 9.17) is 9.72 Å². The zero-order chi connectivity index (χ0) is 22.9. The topological polar surface area (TPSA) is 75.0 Å². The van der Waals surface area contributed by atoms with Crippen molar-refractivity contribution in [1.29, 1.82) is 5.26 Å². The molecule has 2 heterocycles. The summed E-state index contributed by atoms with van der Waals surface area (Å²) in [6, 6.07) is 17.7. The monoisotopic (exact) mass is 453 g/mol. The van der Waals surface area contributed by atoms with Crippen LogP contribution in [0.15, 0.2) is 48.5 Å². The normalized spacial score (nSPS) is 12.8. The molecular formula is C27H23N3O2S. The zero-order valence-electron chi connectivity index (χ0n) is 18.6. The van der Waals surface area contributed by atoms with Gasteiger partial charge in [0.15, 0.2) is 0 Å². The van der Waals surface area contributed by atoms with Crippen molar-refractivity contribution in [2.24, 2.45) is 0 Å². The molecule has 2 aromatic carbocycles. The van der Waals surface area contributed by atoms with E-state index in [9.17, 15) is 10.1 Å². The van der Waals surface area contributed by atoms with Crippen LogP contribution in [-0.4, -0.2) is 18.0 Å². The number of hydrogen-bond donors (Lipinski definition) is 1. The first-order valence-electron chi connectivity index (χ1n) is 11.0. The van der Waals surface area contributed by atoms with Crippen LogP contribution in [0, 0.1) is 18.3 Å². The average Bonchev–Trinajstić information content (AvgIpc) is 3.20. The molecule has 0 radical (unpaired) electrons. The van der Waals surface area contributed by atoms with Gasteiger partial charge in [0.2, 0.25) is 0 Å². The summed E-state index contributed by atoms with van der Waals surface area (Å²) in [5.41, 5.74) is 5.54. The number of aromatic nitrogens is 1. The van der Waals surface area contributed by atoms with E-state index in [-0.39, 0.29) is 5.91 Å². The number of nitrogens with one attached hydrogen (secondary N) is 1. The molecule has 1 aliphatic rings. The highest BCUT2D eigenvalue weighted by atomic mass is 32.1. The molecule has 0 aliphatic heterocycles. The van der Waals surface area contributed by atoms with Crippen LogP contribution in [-0.2, 0) is 12.8 Å². The lowest BCUT2D eigenvalue weighted by molar-refractivity contribution is 0.102. The molecule has 0 atom stereocenters. The molecule has 5 nitrogen and oxygen atoms in total. The Morgan fingerprint density at radius 3 is 2.64 bits per heavy atom. The first kappa shape index (κ1) is 21.2. The van der Waals surface area contributed by atoms with E-state index < -0.39 is 0 Å². The molecule has 0 saturated heterocycles. The van der Waals surface area contributed by atoms with Crippen molar-refractivity contribution in [3.05, 3.63) is 75.7 Å². The van der Waals surface area contributed by atoms with Gasteiger partial charge in [0, 0.05) is 15.8 Å². The van der Waals surface area contributed by atoms with Gasteiger partial charge in [-0.2, -0.15) is 5.26 Å². The van der Waals surface area contributed by atoms with Gasteiger partial charge in [0.1, 0.15) is 16.8 Å². The van der Waals surface area contributed by atoms with Crippen LogP contribution in [0.25, 0.3) is 22.2 Å². The van der Waals surface area contributed by atoms with Crippen molar-refractivity contribution < 1.29 is 9.53 Å². The number of nitriles is 1. The van der Waals surface area contributed by atoms with Gasteiger partial charge in [-0.05, 0) is 74.1 Å². The second-order valence-corrected chi connectivity index (χ2v) is 9.29. The maximum Gasteiger partial charge on any atom is 0.257 e. The van der Waals surface area contributed by atoms with Gasteiger partial charge in [-0.15, -0.1) is 11.3 Å². The van der Waals surface area contributed by atoms with Crippen LogP contribution >= 0.6 is 11.3 Å². The fraction of sp³-hybridized carbons (Fsp3) is 0.222. The summed E-state index contributed by atoms with van der Waals surface area (Å²) in [4.78, 5) is 19.7. The number of hydrogen-bond acceptors (Lipinski definition) is 5. The van der Waals surface area contributed by atoms with Gasteiger partial charge >= 0.3 is 0 Å². The predicted octanol–water partition coefficient (Wildman–Crippen LogP) is 6.28. The predicted molar refractivity (Wildman–Crippen MR) is 132 cm³/mol. The SMILES string of the molecule is COc1ccc(-c2nc3ccccc3c(C(=O)Nc3sc4c(c3C#N)CCCC4)c2C)cc1. The number of carbonyl (C=O) groups excluding carboxylic acids is 1. The summed E-state index contributed by atoms with van der Waals surface area (Å²) in [6.07, 6.45) is 4.10. The Bertz CT molecular complexity index is 1410. The molecule has 4 aromatic rings. The lowest BCUT2D eigenvalue weighted by atomic mass is 9.95. The molecule has 33 heavy (non-hydrogen) atoms. The average molecular weight is 454 g/mol. The summed E-state index contributed by atoms with van der Waals surface area (Å²) in [5.74, 6) is 0.553. The Kier molecular flexibility index (Phi) is 5.57. The van der Waals surface area contributed by atoms with Gasteiger partial charge in [-0.25, -0.2) is 4.98 Å². The highest BCUT2D eigenvalue weighted by molar-refractivity contribution is 7.16. The Morgan fingerprint density at radius 1 is 1.12 bits per heavy atom. The second kappa shape index (κ2) is 8.68. The van der Waals surface area contributed by atoms with Crippen molar-refractivity contribution in [2.75, 3.05) is 12.4 Å². The van der Waals surface area contributed by atoms with E-state index in [2.05, 4.69) is 11.4 Å². The summed E-state index contributed by atoms with van der Waals surface area (Å²) in [6.45, 7) is 1.93. The van der Waals surface area contributed by atoms with Gasteiger partial charge in [0.25, 0.3) is 5.91 Å². The Morgan fingerprint density at radius 2 is 1.88 bits per heavy atom. The minimum absolute atomic E-state index is 0.212. The number of ether oxygens (including phenoxy) is 1. The number of rotatable bonds is 4. The van der Waals surface area contributed by atoms with Crippen LogP contribution in [0.3, 0.4) is 0 Å². The molecule has 0 saturated carbocycles. The first-order chi connectivity index (χ1) is 16.1. The van der Waals surface area contributed by atoms with Crippen LogP contribution in [0.4, 0.5) is 5.00 Å². The fourth-order valence-electron chi connectivity index (χ4n) is 4.57. The molecule has 164 valence electrons. The molecule has 0 unspecified atom stereocenters. The molecule has 1 amide bonds. The number of para-hydroxylation sites is 1. The Labute approximate surface area is 196 Å². The molecule has 0 spiro atoms. The minimum atomic E-state index is -0.212. The van der Waals surface area contributed by atoms with Gasteiger partial charge < -0.3 is 10.1 Å². The minimum Gasteiger partial charge on any atom is -0.497 e. The highest BCUT2D eigenvalue weighted by Gasteiger charge is 2.24. The standard InChI is InChI=1S/C27H23N3O2S/c1-16-24(26(31)30-27-21(15-28)19-7-4-6-10-23(19)33-27)20-8-3-5-9-22(20)29-25(16)17-11-13-18(32-2)14-12-17/h3,5,8-9,11-14H,4,6-7,10H2,1-2H3,(H,30,31). The van der Waals surface area contributed by atoms with Crippen molar-refractivity contribution >= 4 is 33.1 Å². The smallest absolute Gasteiger partial charge is 0.257 e. The van der Waals surface area contributed by atoms with Gasteiger partial charge in [-0.3, -0.25) is 4.79 Å². The lowest BCUT2D eigenvalue weighted by Crippen LogP contribution is -2.15. The maximum atomic E-state index is 13.7. The first-order valence-corrected chi connectivity index (χ1v) is 11.8. The van der Waals surface area contributed by atoms with Gasteiger partial charge in [-0.1, -0.05) is 18.2 Å². The highest BCUT2D eigenvalue weighted by Crippen LogP contribution is 2.38. The third-order valence-corrected chi connectivity index (χ3v) is 7.44. The largest absolute Gasteiger partial charge is 0.497 e. The lowest BCUT2D eigenvalue weighted by Gasteiger charge is -2.15. The fourth-order valence-corrected chi connectivity index (χ4v) is 5.80. The van der Waals surface area contributed by atoms with E-state index in [1.54, 1.807) is 18.4 Å². The zero-order valence-corrected chi connectivity index (χ0v) is 19.4. The van der Waals surface area contributed by atoms with Gasteiger partial charge in [0.05, 0.1) is 29.4 Å². The van der Waals surface area contributed by atoms with Crippen LogP contribution in [0.2, 0.25) is 0 Å². The summed E-state index contributed by atoms with van der Waals surface area (Å²) in [5, 5.41) is 14.3. The molecule has 6 heteroatoms. The molecule has 0 fully saturated rings. The summed E-state index contributed by atoms with van der Waals surface area (Å²) in [7, 11) is 1.63. The number of methoxy groups -OCH3 is 1. The number of benzene rings is 2. The number of anilines is 1. The number of nitrogens with zero attached hydrogens (tertiary/aromatic N) is 2. The molecule has 5 rings (SSSR count). The summed E-state index contributed by atoms with van der Waals surface area (Å²) < 4.78 is 5.28. The van der Waals surface area contributed by atoms with E-state index in [0.717, 1.165) is 64.7 Å². The van der Waals surface area contributed by atoms with Crippen molar-refractivity contribution in [3.8, 4) is 23.1 Å². The van der Waals surface area contributed by atoms with E-state index >= 15 is 0 Å². The second-order valence-electron chi connectivity index (χ2n) is 8.19. The number of pyridine rings is 1. The summed E-state index contributed by atoms with van der Waals surface area (Å²) >= 11 is 1.54. The molecule has 0 bridgehead atoms.